The zero-order valence-corrected chi connectivity index (χ0v) is 22.1. The summed E-state index contributed by atoms with van der Waals surface area (Å²) in [6.45, 7) is 1.88. The molecule has 0 aliphatic carbocycles. The van der Waals surface area contributed by atoms with Gasteiger partial charge in [-0.3, -0.25) is 14.6 Å². The van der Waals surface area contributed by atoms with Crippen molar-refractivity contribution in [1.82, 2.24) is 14.6 Å². The molecule has 2 atom stereocenters. The first-order valence-corrected chi connectivity index (χ1v) is 13.2. The van der Waals surface area contributed by atoms with E-state index in [2.05, 4.69) is 15.0 Å². The lowest BCUT2D eigenvalue weighted by Crippen LogP contribution is -2.37. The fraction of sp³-hybridized carbons (Fsp3) is 0.308. The second-order valence-electron chi connectivity index (χ2n) is 9.06. The van der Waals surface area contributed by atoms with Crippen LogP contribution >= 0.6 is 0 Å². The third-order valence-electron chi connectivity index (χ3n) is 5.43. The molecule has 0 radical (unpaired) electrons. The largest absolute Gasteiger partial charge is 0.489 e. The van der Waals surface area contributed by atoms with Crippen molar-refractivity contribution in [3.8, 4) is 5.75 Å². The van der Waals surface area contributed by atoms with Gasteiger partial charge in [0.25, 0.3) is 0 Å². The van der Waals surface area contributed by atoms with E-state index in [1.165, 1.54) is 18.2 Å². The number of anilines is 1. The molecule has 1 aromatic heterocycles. The van der Waals surface area contributed by atoms with Gasteiger partial charge in [0.1, 0.15) is 23.0 Å². The summed E-state index contributed by atoms with van der Waals surface area (Å²) in [6, 6.07) is 10.3. The minimum absolute atomic E-state index is 0.0687. The third kappa shape index (κ3) is 7.81. The summed E-state index contributed by atoms with van der Waals surface area (Å²) in [7, 11) is -0.896. The predicted octanol–water partition coefficient (Wildman–Crippen LogP) is 2.07. The highest BCUT2D eigenvalue weighted by Crippen LogP contribution is 2.30. The molecule has 12 heteroatoms. The number of likely N-dealkylation sites (N-methyl/N-ethyl adjacent to an activating group) is 1. The number of aliphatic carboxylic acids is 1. The number of carbonyl (C=O) groups is 3. The molecule has 1 amide bonds. The van der Waals surface area contributed by atoms with Gasteiger partial charge in [0.05, 0.1) is 19.0 Å². The van der Waals surface area contributed by atoms with E-state index in [4.69, 9.17) is 9.84 Å². The molecule has 3 N–H and O–H groups in total. The molecule has 1 heterocycles. The molecular weight excluding hydrogens is 512 g/mol. The molecule has 11 nitrogen and oxygen atoms in total. The van der Waals surface area contributed by atoms with Crippen LogP contribution in [-0.4, -0.2) is 74.4 Å². The molecule has 202 valence electrons. The standard InChI is InChI=1S/C26H30N4O7S/c1-17(10-19-14-27-13-18-6-4-5-7-22(18)19)37-23-11-20(28-25(32)15-30(2)3)8-9-24(23)38(35,36)29-21(16-31)12-26(33)34/h4-9,11,13-14,16-17,21,29H,10,12,15H2,1-3H3,(H,28,32)(H,33,34)/t17-,21+/m1/s1. The number of benzene rings is 2. The Labute approximate surface area is 220 Å². The Balaban J connectivity index is 1.93. The monoisotopic (exact) mass is 542 g/mol. The van der Waals surface area contributed by atoms with Crippen molar-refractivity contribution in [3.63, 3.8) is 0 Å². The van der Waals surface area contributed by atoms with Gasteiger partial charge in [-0.15, -0.1) is 0 Å². The minimum Gasteiger partial charge on any atom is -0.489 e. The van der Waals surface area contributed by atoms with Crippen LogP contribution < -0.4 is 14.8 Å². The van der Waals surface area contributed by atoms with Gasteiger partial charge in [-0.25, -0.2) is 13.1 Å². The lowest BCUT2D eigenvalue weighted by molar-refractivity contribution is -0.138. The van der Waals surface area contributed by atoms with Crippen LogP contribution in [-0.2, 0) is 30.8 Å². The van der Waals surface area contributed by atoms with E-state index in [0.717, 1.165) is 16.3 Å². The van der Waals surface area contributed by atoms with Crippen molar-refractivity contribution in [2.45, 2.75) is 36.8 Å². The van der Waals surface area contributed by atoms with Gasteiger partial charge in [-0.05, 0) is 44.1 Å². The van der Waals surface area contributed by atoms with Crippen LogP contribution in [0.4, 0.5) is 5.69 Å². The first kappa shape index (κ1) is 28.7. The summed E-state index contributed by atoms with van der Waals surface area (Å²) < 4.78 is 34.5. The van der Waals surface area contributed by atoms with Crippen LogP contribution in [0.3, 0.4) is 0 Å². The first-order chi connectivity index (χ1) is 18.0. The number of fused-ring (bicyclic) bond motifs is 1. The lowest BCUT2D eigenvalue weighted by atomic mass is 10.0. The second kappa shape index (κ2) is 12.6. The topological polar surface area (TPSA) is 155 Å². The molecule has 0 bridgehead atoms. The molecule has 3 aromatic rings. The van der Waals surface area contributed by atoms with Gasteiger partial charge in [0.2, 0.25) is 15.9 Å². The Morgan fingerprint density at radius 2 is 1.89 bits per heavy atom. The number of hydrogen-bond donors (Lipinski definition) is 3. The van der Waals surface area contributed by atoms with Crippen LogP contribution in [0.25, 0.3) is 10.8 Å². The van der Waals surface area contributed by atoms with Crippen molar-refractivity contribution in [2.24, 2.45) is 0 Å². The average Bonchev–Trinajstić information content (AvgIpc) is 2.82. The molecular formula is C26H30N4O7S. The lowest BCUT2D eigenvalue weighted by Gasteiger charge is -2.20. The highest BCUT2D eigenvalue weighted by Gasteiger charge is 2.26. The molecule has 0 unspecified atom stereocenters. The Kier molecular flexibility index (Phi) is 9.50. The van der Waals surface area contributed by atoms with Crippen LogP contribution in [0.15, 0.2) is 59.8 Å². The first-order valence-electron chi connectivity index (χ1n) is 11.7. The summed E-state index contributed by atoms with van der Waals surface area (Å²) >= 11 is 0. The number of aldehydes is 1. The Morgan fingerprint density at radius 3 is 2.58 bits per heavy atom. The number of carboxylic acids is 1. The van der Waals surface area contributed by atoms with Crippen molar-refractivity contribution < 1.29 is 32.6 Å². The summed E-state index contributed by atoms with van der Waals surface area (Å²) in [5.74, 6) is -1.72. The van der Waals surface area contributed by atoms with E-state index in [-0.39, 0.29) is 29.4 Å². The fourth-order valence-electron chi connectivity index (χ4n) is 3.87. The van der Waals surface area contributed by atoms with Crippen LogP contribution in [0.1, 0.15) is 18.9 Å². The number of carboxylic acid groups (broad SMARTS) is 1. The molecule has 0 aliphatic rings. The summed E-state index contributed by atoms with van der Waals surface area (Å²) in [6.07, 6.45) is 2.85. The summed E-state index contributed by atoms with van der Waals surface area (Å²) in [5, 5.41) is 13.6. The number of sulfonamides is 1. The number of rotatable bonds is 13. The van der Waals surface area contributed by atoms with Crippen molar-refractivity contribution >= 4 is 44.6 Å². The molecule has 3 rings (SSSR count). The molecule has 0 spiro atoms. The summed E-state index contributed by atoms with van der Waals surface area (Å²) in [4.78, 5) is 40.2. The van der Waals surface area contributed by atoms with E-state index >= 15 is 0 Å². The van der Waals surface area contributed by atoms with Crippen molar-refractivity contribution in [2.75, 3.05) is 26.0 Å². The van der Waals surface area contributed by atoms with Gasteiger partial charge < -0.3 is 24.9 Å². The van der Waals surface area contributed by atoms with Gasteiger partial charge in [0.15, 0.2) is 0 Å². The Hall–Kier alpha value is -3.87. The quantitative estimate of drug-likeness (QED) is 0.275. The van der Waals surface area contributed by atoms with Gasteiger partial charge in [0, 0.05) is 36.0 Å². The highest BCUT2D eigenvalue weighted by atomic mass is 32.2. The van der Waals surface area contributed by atoms with Crippen LogP contribution in [0.5, 0.6) is 5.75 Å². The summed E-state index contributed by atoms with van der Waals surface area (Å²) in [5.41, 5.74) is 1.21. The number of amides is 1. The number of aromatic nitrogens is 1. The Morgan fingerprint density at radius 1 is 1.16 bits per heavy atom. The van der Waals surface area contributed by atoms with Crippen molar-refractivity contribution in [3.05, 3.63) is 60.4 Å². The normalized spacial score (nSPS) is 13.2. The van der Waals surface area contributed by atoms with E-state index < -0.39 is 34.6 Å². The number of ether oxygens (including phenoxy) is 1. The van der Waals surface area contributed by atoms with Crippen LogP contribution in [0.2, 0.25) is 0 Å². The minimum atomic E-state index is -4.37. The van der Waals surface area contributed by atoms with Gasteiger partial charge >= 0.3 is 5.97 Å². The maximum absolute atomic E-state index is 13.2. The van der Waals surface area contributed by atoms with E-state index in [9.17, 15) is 22.8 Å². The molecule has 0 saturated carbocycles. The number of pyridine rings is 1. The van der Waals surface area contributed by atoms with Crippen molar-refractivity contribution in [1.29, 1.82) is 0 Å². The zero-order valence-electron chi connectivity index (χ0n) is 21.2. The molecule has 0 saturated heterocycles. The maximum atomic E-state index is 13.2. The van der Waals surface area contributed by atoms with Crippen LogP contribution in [0, 0.1) is 0 Å². The molecule has 0 fully saturated rings. The fourth-order valence-corrected chi connectivity index (χ4v) is 5.15. The van der Waals surface area contributed by atoms with Gasteiger partial charge in [-0.1, -0.05) is 24.3 Å². The molecule has 0 aliphatic heterocycles. The number of nitrogens with zero attached hydrogens (tertiary/aromatic N) is 2. The molecule has 2 aromatic carbocycles. The van der Waals surface area contributed by atoms with E-state index in [1.807, 2.05) is 24.3 Å². The number of carbonyl (C=O) groups excluding carboxylic acids is 2. The van der Waals surface area contributed by atoms with E-state index in [0.29, 0.717) is 12.1 Å². The van der Waals surface area contributed by atoms with Gasteiger partial charge in [-0.2, -0.15) is 0 Å². The number of nitrogens with one attached hydrogen (secondary N) is 2. The van der Waals surface area contributed by atoms with E-state index in [1.54, 1.807) is 38.3 Å². The Bertz CT molecular complexity index is 1420. The smallest absolute Gasteiger partial charge is 0.305 e. The number of hydrogen-bond acceptors (Lipinski definition) is 8. The zero-order chi connectivity index (χ0) is 27.9. The predicted molar refractivity (Wildman–Crippen MR) is 142 cm³/mol. The molecule has 38 heavy (non-hydrogen) atoms. The highest BCUT2D eigenvalue weighted by molar-refractivity contribution is 7.89. The third-order valence-corrected chi connectivity index (χ3v) is 6.96. The second-order valence-corrected chi connectivity index (χ2v) is 10.7. The SMILES string of the molecule is C[C@H](Cc1cncc2ccccc12)Oc1cc(NC(=O)CN(C)C)ccc1S(=O)(=O)N[C@H](C=O)CC(=O)O. The average molecular weight is 543 g/mol. The maximum Gasteiger partial charge on any atom is 0.305 e.